The topological polar surface area (TPSA) is 104 Å². The first kappa shape index (κ1) is 15.1. The Morgan fingerprint density at radius 2 is 2.14 bits per heavy atom. The molecule has 22 heavy (non-hydrogen) atoms. The van der Waals surface area contributed by atoms with E-state index in [-0.39, 0.29) is 18.1 Å². The van der Waals surface area contributed by atoms with Gasteiger partial charge in [-0.05, 0) is 12.1 Å². The van der Waals surface area contributed by atoms with E-state index in [1.807, 2.05) is 24.3 Å². The average molecular weight is 343 g/mol. The van der Waals surface area contributed by atoms with Gasteiger partial charge in [0.15, 0.2) is 9.84 Å². The molecule has 2 aromatic rings. The number of benzene rings is 1. The quantitative estimate of drug-likeness (QED) is 0.716. The number of para-hydroxylation sites is 2. The summed E-state index contributed by atoms with van der Waals surface area (Å²) in [7, 11) is -3.17. The smallest absolute Gasteiger partial charge is 0.315 e. The number of nitrogens with zero attached hydrogens (tertiary/aromatic N) is 1. The van der Waals surface area contributed by atoms with E-state index in [1.165, 1.54) is 0 Å². The number of alkyl halides is 1. The lowest BCUT2D eigenvalue weighted by molar-refractivity contribution is 0.237. The van der Waals surface area contributed by atoms with Crippen molar-refractivity contribution in [3.05, 3.63) is 30.1 Å². The maximum atomic E-state index is 11.8. The van der Waals surface area contributed by atoms with E-state index < -0.39 is 27.3 Å². The lowest BCUT2D eigenvalue weighted by atomic mass is 10.2. The minimum atomic E-state index is -3.17. The van der Waals surface area contributed by atoms with Gasteiger partial charge in [-0.2, -0.15) is 0 Å². The molecule has 118 valence electrons. The first-order chi connectivity index (χ1) is 10.4. The maximum absolute atomic E-state index is 11.8. The molecule has 1 aliphatic heterocycles. The molecule has 1 fully saturated rings. The Morgan fingerprint density at radius 3 is 2.82 bits per heavy atom. The highest BCUT2D eigenvalue weighted by atomic mass is 35.5. The Bertz CT molecular complexity index is 771. The molecule has 1 aromatic heterocycles. The van der Waals surface area contributed by atoms with E-state index in [4.69, 9.17) is 11.6 Å². The average Bonchev–Trinajstić information content (AvgIpc) is 2.96. The summed E-state index contributed by atoms with van der Waals surface area (Å²) in [6, 6.07) is 6.51. The summed E-state index contributed by atoms with van der Waals surface area (Å²) in [5.74, 6) is 0.389. The number of hydrogen-bond donors (Lipinski definition) is 3. The third kappa shape index (κ3) is 3.33. The van der Waals surface area contributed by atoms with Gasteiger partial charge in [0.2, 0.25) is 0 Å². The molecule has 1 aromatic carbocycles. The molecule has 2 atom stereocenters. The van der Waals surface area contributed by atoms with Crippen LogP contribution in [0.2, 0.25) is 0 Å². The Morgan fingerprint density at radius 1 is 1.36 bits per heavy atom. The third-order valence-corrected chi connectivity index (χ3v) is 5.83. The summed E-state index contributed by atoms with van der Waals surface area (Å²) < 4.78 is 22.9. The van der Waals surface area contributed by atoms with Crippen LogP contribution in [-0.2, 0) is 16.4 Å². The van der Waals surface area contributed by atoms with Crippen molar-refractivity contribution < 1.29 is 13.2 Å². The molecule has 1 saturated heterocycles. The second-order valence-corrected chi connectivity index (χ2v) is 7.94. The molecule has 0 bridgehead atoms. The number of carbonyl (C=O) groups excluding carboxylic acids is 1. The van der Waals surface area contributed by atoms with Gasteiger partial charge >= 0.3 is 6.03 Å². The first-order valence-corrected chi connectivity index (χ1v) is 9.01. The minimum Gasteiger partial charge on any atom is -0.340 e. The zero-order valence-electron chi connectivity index (χ0n) is 11.5. The van der Waals surface area contributed by atoms with E-state index in [0.29, 0.717) is 5.82 Å². The molecule has 0 unspecified atom stereocenters. The van der Waals surface area contributed by atoms with Crippen LogP contribution in [0.3, 0.4) is 0 Å². The summed E-state index contributed by atoms with van der Waals surface area (Å²) in [6.07, 6.45) is 0. The predicted octanol–water partition coefficient (Wildman–Crippen LogP) is 0.767. The number of urea groups is 1. The zero-order chi connectivity index (χ0) is 15.7. The number of H-pyrrole nitrogens is 1. The monoisotopic (exact) mass is 342 g/mol. The van der Waals surface area contributed by atoms with Crippen LogP contribution in [0.4, 0.5) is 4.79 Å². The van der Waals surface area contributed by atoms with Crippen molar-refractivity contribution in [1.82, 2.24) is 20.6 Å². The number of rotatable bonds is 3. The highest BCUT2D eigenvalue weighted by Crippen LogP contribution is 2.17. The van der Waals surface area contributed by atoms with Gasteiger partial charge in [-0.15, -0.1) is 11.6 Å². The number of imidazole rings is 1. The number of nitrogens with one attached hydrogen (secondary N) is 3. The molecule has 2 heterocycles. The molecule has 0 spiro atoms. The van der Waals surface area contributed by atoms with Crippen molar-refractivity contribution in [2.24, 2.45) is 0 Å². The Kier molecular flexibility index (Phi) is 3.96. The highest BCUT2D eigenvalue weighted by Gasteiger charge is 2.37. The Balaban J connectivity index is 1.56. The number of amides is 2. The van der Waals surface area contributed by atoms with E-state index in [2.05, 4.69) is 20.6 Å². The van der Waals surface area contributed by atoms with E-state index >= 15 is 0 Å². The number of halogens is 1. The van der Waals surface area contributed by atoms with Gasteiger partial charge in [0, 0.05) is 0 Å². The van der Waals surface area contributed by atoms with Crippen LogP contribution >= 0.6 is 11.6 Å². The van der Waals surface area contributed by atoms with Crippen LogP contribution in [0.5, 0.6) is 0 Å². The van der Waals surface area contributed by atoms with E-state index in [1.54, 1.807) is 0 Å². The Hall–Kier alpha value is -1.80. The van der Waals surface area contributed by atoms with Crippen LogP contribution < -0.4 is 10.6 Å². The van der Waals surface area contributed by atoms with Crippen LogP contribution in [0.25, 0.3) is 11.0 Å². The molecule has 0 radical (unpaired) electrons. The molecule has 3 rings (SSSR count). The summed E-state index contributed by atoms with van der Waals surface area (Å²) in [5.41, 5.74) is 1.71. The first-order valence-electron chi connectivity index (χ1n) is 6.75. The summed E-state index contributed by atoms with van der Waals surface area (Å²) in [6.45, 7) is 0.215. The van der Waals surface area contributed by atoms with Crippen LogP contribution in [0, 0.1) is 0 Å². The molecule has 0 aliphatic carbocycles. The number of fused-ring (bicyclic) bond motifs is 1. The SMILES string of the molecule is O=C(NCc1nc2ccccc2[nH]1)N[C@@H]1CS(=O)(=O)C[C@@H]1Cl. The molecule has 9 heteroatoms. The minimum absolute atomic E-state index is 0.108. The third-order valence-electron chi connectivity index (χ3n) is 3.45. The normalized spacial score (nSPS) is 23.5. The lowest BCUT2D eigenvalue weighted by Crippen LogP contribution is -2.45. The van der Waals surface area contributed by atoms with Gasteiger partial charge in [-0.3, -0.25) is 0 Å². The summed E-state index contributed by atoms with van der Waals surface area (Å²) >= 11 is 5.94. The van der Waals surface area contributed by atoms with Crippen molar-refractivity contribution in [2.75, 3.05) is 11.5 Å². The Labute approximate surface area is 132 Å². The molecule has 0 saturated carbocycles. The maximum Gasteiger partial charge on any atom is 0.315 e. The number of aromatic nitrogens is 2. The van der Waals surface area contributed by atoms with Gasteiger partial charge in [-0.1, -0.05) is 12.1 Å². The number of carbonyl (C=O) groups is 1. The molecule has 1 aliphatic rings. The van der Waals surface area contributed by atoms with Crippen LogP contribution in [-0.4, -0.2) is 47.3 Å². The van der Waals surface area contributed by atoms with Crippen molar-refractivity contribution in [2.45, 2.75) is 18.0 Å². The van der Waals surface area contributed by atoms with Gasteiger partial charge in [0.05, 0.1) is 40.5 Å². The second-order valence-electron chi connectivity index (χ2n) is 5.23. The summed E-state index contributed by atoms with van der Waals surface area (Å²) in [5, 5.41) is 4.63. The number of aromatic amines is 1. The molecule has 7 nitrogen and oxygen atoms in total. The zero-order valence-corrected chi connectivity index (χ0v) is 13.1. The predicted molar refractivity (Wildman–Crippen MR) is 83.5 cm³/mol. The molecule has 3 N–H and O–H groups in total. The second kappa shape index (κ2) is 5.77. The fourth-order valence-electron chi connectivity index (χ4n) is 2.41. The van der Waals surface area contributed by atoms with Gasteiger partial charge in [0.25, 0.3) is 0 Å². The van der Waals surface area contributed by atoms with Crippen molar-refractivity contribution >= 4 is 38.5 Å². The van der Waals surface area contributed by atoms with E-state index in [9.17, 15) is 13.2 Å². The summed E-state index contributed by atoms with van der Waals surface area (Å²) in [4.78, 5) is 19.3. The fraction of sp³-hybridized carbons (Fsp3) is 0.385. The van der Waals surface area contributed by atoms with Gasteiger partial charge in [-0.25, -0.2) is 18.2 Å². The van der Waals surface area contributed by atoms with Gasteiger partial charge < -0.3 is 15.6 Å². The fourth-order valence-corrected chi connectivity index (χ4v) is 4.96. The standard InChI is InChI=1S/C13H15ClN4O3S/c14-8-6-22(20,21)7-11(8)18-13(19)15-5-12-16-9-3-1-2-4-10(9)17-12/h1-4,8,11H,5-7H2,(H,16,17)(H2,15,18,19)/t8-,11+/m0/s1. The van der Waals surface area contributed by atoms with Crippen molar-refractivity contribution in [3.8, 4) is 0 Å². The lowest BCUT2D eigenvalue weighted by Gasteiger charge is -2.14. The van der Waals surface area contributed by atoms with Crippen LogP contribution in [0.15, 0.2) is 24.3 Å². The molecular weight excluding hydrogens is 328 g/mol. The van der Waals surface area contributed by atoms with E-state index in [0.717, 1.165) is 11.0 Å². The van der Waals surface area contributed by atoms with Crippen molar-refractivity contribution in [1.29, 1.82) is 0 Å². The van der Waals surface area contributed by atoms with Crippen molar-refractivity contribution in [3.63, 3.8) is 0 Å². The number of sulfone groups is 1. The highest BCUT2D eigenvalue weighted by molar-refractivity contribution is 7.91. The largest absolute Gasteiger partial charge is 0.340 e. The van der Waals surface area contributed by atoms with Gasteiger partial charge in [0.1, 0.15) is 5.82 Å². The molecular formula is C13H15ClN4O3S. The molecule has 2 amide bonds. The van der Waals surface area contributed by atoms with Crippen LogP contribution in [0.1, 0.15) is 5.82 Å². The number of hydrogen-bond acceptors (Lipinski definition) is 4.